The van der Waals surface area contributed by atoms with Crippen LogP contribution in [0.4, 0.5) is 4.79 Å². The van der Waals surface area contributed by atoms with E-state index in [9.17, 15) is 4.79 Å². The molecule has 1 aromatic carbocycles. The summed E-state index contributed by atoms with van der Waals surface area (Å²) in [6.07, 6.45) is 0. The van der Waals surface area contributed by atoms with Crippen molar-refractivity contribution < 1.29 is 9.53 Å². The summed E-state index contributed by atoms with van der Waals surface area (Å²) in [4.78, 5) is 13.6. The van der Waals surface area contributed by atoms with Crippen molar-refractivity contribution in [2.75, 3.05) is 20.2 Å². The molecule has 1 aliphatic heterocycles. The number of benzene rings is 1. The van der Waals surface area contributed by atoms with Gasteiger partial charge in [0.15, 0.2) is 0 Å². The summed E-state index contributed by atoms with van der Waals surface area (Å²) in [6.45, 7) is 3.04. The van der Waals surface area contributed by atoms with E-state index in [-0.39, 0.29) is 18.1 Å². The zero-order chi connectivity index (χ0) is 13.1. The first-order valence-electron chi connectivity index (χ1n) is 6.07. The molecule has 0 bridgehead atoms. The van der Waals surface area contributed by atoms with Crippen molar-refractivity contribution in [3.63, 3.8) is 0 Å². The van der Waals surface area contributed by atoms with Crippen LogP contribution in [0.1, 0.15) is 18.5 Å². The fourth-order valence-electron chi connectivity index (χ4n) is 2.19. The van der Waals surface area contributed by atoms with Crippen molar-refractivity contribution in [2.24, 2.45) is 5.73 Å². The fraction of sp³-hybridized carbons (Fsp3) is 0.462. The Labute approximate surface area is 107 Å². The summed E-state index contributed by atoms with van der Waals surface area (Å²) in [6, 6.07) is 7.67. The average Bonchev–Trinajstić information content (AvgIpc) is 2.79. The number of ether oxygens (including phenoxy) is 1. The largest absolute Gasteiger partial charge is 0.496 e. The van der Waals surface area contributed by atoms with E-state index in [1.165, 1.54) is 0 Å². The summed E-state index contributed by atoms with van der Waals surface area (Å²) < 4.78 is 5.32. The van der Waals surface area contributed by atoms with Gasteiger partial charge in [0.25, 0.3) is 0 Å². The molecule has 0 aliphatic carbocycles. The van der Waals surface area contributed by atoms with Crippen molar-refractivity contribution in [1.82, 2.24) is 10.2 Å². The number of hydrogen-bond acceptors (Lipinski definition) is 3. The second kappa shape index (κ2) is 5.27. The molecule has 2 atom stereocenters. The van der Waals surface area contributed by atoms with Crippen LogP contribution in [0.2, 0.25) is 0 Å². The van der Waals surface area contributed by atoms with Crippen molar-refractivity contribution in [3.05, 3.63) is 29.8 Å². The zero-order valence-electron chi connectivity index (χ0n) is 10.7. The van der Waals surface area contributed by atoms with E-state index in [0.717, 1.165) is 11.3 Å². The van der Waals surface area contributed by atoms with E-state index in [0.29, 0.717) is 13.1 Å². The maximum Gasteiger partial charge on any atom is 0.318 e. The third-order valence-electron chi connectivity index (χ3n) is 3.33. The molecule has 5 nitrogen and oxygen atoms in total. The minimum Gasteiger partial charge on any atom is -0.496 e. The fourth-order valence-corrected chi connectivity index (χ4v) is 2.19. The van der Waals surface area contributed by atoms with E-state index >= 15 is 0 Å². The Balaban J connectivity index is 2.19. The number of carbonyl (C=O) groups excluding carboxylic acids is 1. The van der Waals surface area contributed by atoms with Crippen LogP contribution in [0.5, 0.6) is 5.75 Å². The van der Waals surface area contributed by atoms with Gasteiger partial charge in [-0.05, 0) is 13.0 Å². The predicted octanol–water partition coefficient (Wildman–Crippen LogP) is 1.11. The molecule has 1 aromatic rings. The molecule has 1 fully saturated rings. The van der Waals surface area contributed by atoms with E-state index in [2.05, 4.69) is 5.32 Å². The van der Waals surface area contributed by atoms with Crippen LogP contribution in [-0.4, -0.2) is 37.2 Å². The Kier molecular flexibility index (Phi) is 3.72. The second-order valence-electron chi connectivity index (χ2n) is 4.48. The van der Waals surface area contributed by atoms with Gasteiger partial charge < -0.3 is 20.7 Å². The SMILES string of the molecule is COc1ccccc1C1CN(C(C)CN)C(=O)N1. The third kappa shape index (κ3) is 2.26. The second-order valence-corrected chi connectivity index (χ2v) is 4.48. The van der Waals surface area contributed by atoms with Gasteiger partial charge in [0.05, 0.1) is 13.2 Å². The first-order chi connectivity index (χ1) is 8.67. The van der Waals surface area contributed by atoms with Gasteiger partial charge >= 0.3 is 6.03 Å². The van der Waals surface area contributed by atoms with Crippen LogP contribution in [0.15, 0.2) is 24.3 Å². The summed E-state index contributed by atoms with van der Waals surface area (Å²) in [5.74, 6) is 0.796. The Morgan fingerprint density at radius 1 is 1.56 bits per heavy atom. The number of urea groups is 1. The number of nitrogens with zero attached hydrogens (tertiary/aromatic N) is 1. The van der Waals surface area contributed by atoms with Gasteiger partial charge in [-0.2, -0.15) is 0 Å². The predicted molar refractivity (Wildman–Crippen MR) is 69.5 cm³/mol. The molecular weight excluding hydrogens is 230 g/mol. The van der Waals surface area contributed by atoms with Gasteiger partial charge in [0, 0.05) is 24.7 Å². The number of hydrogen-bond donors (Lipinski definition) is 2. The topological polar surface area (TPSA) is 67.6 Å². The Morgan fingerprint density at radius 3 is 2.94 bits per heavy atom. The van der Waals surface area contributed by atoms with Gasteiger partial charge in [0.2, 0.25) is 0 Å². The summed E-state index contributed by atoms with van der Waals surface area (Å²) in [5.41, 5.74) is 6.61. The molecule has 2 rings (SSSR count). The van der Waals surface area contributed by atoms with Crippen molar-refractivity contribution in [1.29, 1.82) is 0 Å². The van der Waals surface area contributed by atoms with Gasteiger partial charge in [0.1, 0.15) is 5.75 Å². The molecule has 3 N–H and O–H groups in total. The molecule has 0 radical (unpaired) electrons. The number of para-hydroxylation sites is 1. The Bertz CT molecular complexity index is 436. The standard InChI is InChI=1S/C13H19N3O2/c1-9(7-14)16-8-11(15-13(16)17)10-5-3-4-6-12(10)18-2/h3-6,9,11H,7-8,14H2,1-2H3,(H,15,17). The van der Waals surface area contributed by atoms with Crippen LogP contribution in [0.3, 0.4) is 0 Å². The number of rotatable bonds is 4. The molecule has 0 spiro atoms. The van der Waals surface area contributed by atoms with Crippen molar-refractivity contribution >= 4 is 6.03 Å². The van der Waals surface area contributed by atoms with E-state index < -0.39 is 0 Å². The van der Waals surface area contributed by atoms with Crippen molar-refractivity contribution in [3.8, 4) is 5.75 Å². The van der Waals surface area contributed by atoms with Crippen LogP contribution in [0, 0.1) is 0 Å². The highest BCUT2D eigenvalue weighted by Crippen LogP contribution is 2.28. The highest BCUT2D eigenvalue weighted by Gasteiger charge is 2.33. The Morgan fingerprint density at radius 2 is 2.28 bits per heavy atom. The zero-order valence-corrected chi connectivity index (χ0v) is 10.7. The maximum absolute atomic E-state index is 11.9. The first-order valence-corrected chi connectivity index (χ1v) is 6.07. The molecule has 5 heteroatoms. The van der Waals surface area contributed by atoms with Crippen LogP contribution < -0.4 is 15.8 Å². The lowest BCUT2D eigenvalue weighted by atomic mass is 10.1. The number of carbonyl (C=O) groups is 1. The van der Waals surface area contributed by atoms with Gasteiger partial charge in [-0.1, -0.05) is 18.2 Å². The summed E-state index contributed by atoms with van der Waals surface area (Å²) >= 11 is 0. The molecule has 0 aromatic heterocycles. The lowest BCUT2D eigenvalue weighted by Crippen LogP contribution is -2.40. The van der Waals surface area contributed by atoms with E-state index in [1.54, 1.807) is 12.0 Å². The lowest BCUT2D eigenvalue weighted by molar-refractivity contribution is 0.203. The molecule has 2 unspecified atom stereocenters. The molecule has 98 valence electrons. The lowest BCUT2D eigenvalue weighted by Gasteiger charge is -2.21. The minimum absolute atomic E-state index is 0.0392. The minimum atomic E-state index is -0.0659. The highest BCUT2D eigenvalue weighted by atomic mass is 16.5. The highest BCUT2D eigenvalue weighted by molar-refractivity contribution is 5.77. The monoisotopic (exact) mass is 249 g/mol. The molecule has 1 saturated heterocycles. The molecule has 1 heterocycles. The van der Waals surface area contributed by atoms with Gasteiger partial charge in [-0.15, -0.1) is 0 Å². The Hall–Kier alpha value is -1.75. The van der Waals surface area contributed by atoms with Gasteiger partial charge in [-0.3, -0.25) is 0 Å². The normalized spacial score (nSPS) is 20.7. The number of methoxy groups -OCH3 is 1. The van der Waals surface area contributed by atoms with Gasteiger partial charge in [-0.25, -0.2) is 4.79 Å². The number of amides is 2. The summed E-state index contributed by atoms with van der Waals surface area (Å²) in [7, 11) is 1.63. The number of nitrogens with one attached hydrogen (secondary N) is 1. The number of nitrogens with two attached hydrogens (primary N) is 1. The smallest absolute Gasteiger partial charge is 0.318 e. The van der Waals surface area contributed by atoms with E-state index in [1.807, 2.05) is 31.2 Å². The maximum atomic E-state index is 11.9. The summed E-state index contributed by atoms with van der Waals surface area (Å²) in [5, 5.41) is 2.96. The van der Waals surface area contributed by atoms with Crippen LogP contribution in [0.25, 0.3) is 0 Å². The van der Waals surface area contributed by atoms with Crippen LogP contribution >= 0.6 is 0 Å². The van der Waals surface area contributed by atoms with Crippen molar-refractivity contribution in [2.45, 2.75) is 19.0 Å². The van der Waals surface area contributed by atoms with Crippen LogP contribution in [-0.2, 0) is 0 Å². The first kappa shape index (κ1) is 12.7. The average molecular weight is 249 g/mol. The quantitative estimate of drug-likeness (QED) is 0.840. The molecular formula is C13H19N3O2. The molecule has 0 saturated carbocycles. The molecule has 1 aliphatic rings. The van der Waals surface area contributed by atoms with E-state index in [4.69, 9.17) is 10.5 Å². The third-order valence-corrected chi connectivity index (χ3v) is 3.33. The molecule has 2 amide bonds. The molecule has 18 heavy (non-hydrogen) atoms.